The van der Waals surface area contributed by atoms with Crippen LogP contribution in [0.25, 0.3) is 0 Å². The lowest BCUT2D eigenvalue weighted by molar-refractivity contribution is -0.123. The summed E-state index contributed by atoms with van der Waals surface area (Å²) in [5.74, 6) is -0.296. The second kappa shape index (κ2) is 8.77. The van der Waals surface area contributed by atoms with Gasteiger partial charge in [0.1, 0.15) is 11.6 Å². The first-order chi connectivity index (χ1) is 12.3. The molecule has 2 aromatic rings. The Labute approximate surface area is 152 Å². The second-order valence-corrected chi connectivity index (χ2v) is 7.65. The molecule has 1 amide bonds. The first-order valence-corrected chi connectivity index (χ1v) is 9.51. The quantitative estimate of drug-likeness (QED) is 0.735. The molecule has 0 heterocycles. The Balaban J connectivity index is 1.83. The first-order valence-electron chi connectivity index (χ1n) is 8.02. The Bertz CT molecular complexity index is 834. The average Bonchev–Trinajstić information content (AvgIpc) is 2.59. The largest absolute Gasteiger partial charge is 0.484 e. The van der Waals surface area contributed by atoms with Crippen molar-refractivity contribution in [1.82, 2.24) is 10.0 Å². The van der Waals surface area contributed by atoms with Crippen molar-refractivity contribution in [1.29, 1.82) is 0 Å². The van der Waals surface area contributed by atoms with E-state index in [4.69, 9.17) is 4.74 Å². The zero-order valence-corrected chi connectivity index (χ0v) is 15.3. The topological polar surface area (TPSA) is 84.5 Å². The molecule has 6 nitrogen and oxygen atoms in total. The van der Waals surface area contributed by atoms with Crippen LogP contribution in [0.5, 0.6) is 5.75 Å². The summed E-state index contributed by atoms with van der Waals surface area (Å²) in [5, 5.41) is 2.65. The first kappa shape index (κ1) is 19.9. The van der Waals surface area contributed by atoms with Gasteiger partial charge in [-0.3, -0.25) is 4.79 Å². The number of halogens is 1. The molecule has 0 radical (unpaired) electrons. The third-order valence-electron chi connectivity index (χ3n) is 3.30. The van der Waals surface area contributed by atoms with Gasteiger partial charge in [0.2, 0.25) is 10.0 Å². The molecule has 0 aliphatic rings. The molecule has 0 saturated heterocycles. The number of carbonyl (C=O) groups is 1. The molecule has 0 aliphatic carbocycles. The monoisotopic (exact) mass is 380 g/mol. The van der Waals surface area contributed by atoms with Crippen LogP contribution >= 0.6 is 0 Å². The second-order valence-electron chi connectivity index (χ2n) is 5.94. The fourth-order valence-electron chi connectivity index (χ4n) is 2.10. The molecule has 0 spiro atoms. The standard InChI is InChI=1S/C18H21FN2O4S/c1-13(2)21-26(23,24)17-9-7-16(8-10-17)25-12-18(22)20-11-14-3-5-15(19)6-4-14/h3-10,13,21H,11-12H2,1-2H3,(H,20,22). The van der Waals surface area contributed by atoms with E-state index >= 15 is 0 Å². The van der Waals surface area contributed by atoms with Gasteiger partial charge >= 0.3 is 0 Å². The molecule has 0 bridgehead atoms. The van der Waals surface area contributed by atoms with Gasteiger partial charge < -0.3 is 10.1 Å². The van der Waals surface area contributed by atoms with E-state index in [2.05, 4.69) is 10.0 Å². The van der Waals surface area contributed by atoms with Crippen LogP contribution in [-0.2, 0) is 21.4 Å². The average molecular weight is 380 g/mol. The predicted molar refractivity (Wildman–Crippen MR) is 95.6 cm³/mol. The molecule has 2 aromatic carbocycles. The van der Waals surface area contributed by atoms with Gasteiger partial charge in [0.15, 0.2) is 6.61 Å². The number of nitrogens with one attached hydrogen (secondary N) is 2. The molecule has 8 heteroatoms. The highest BCUT2D eigenvalue weighted by molar-refractivity contribution is 7.89. The minimum absolute atomic E-state index is 0.124. The van der Waals surface area contributed by atoms with Crippen molar-refractivity contribution in [2.24, 2.45) is 0 Å². The van der Waals surface area contributed by atoms with Crippen molar-refractivity contribution < 1.29 is 22.3 Å². The zero-order valence-electron chi connectivity index (χ0n) is 14.5. The maximum Gasteiger partial charge on any atom is 0.258 e. The van der Waals surface area contributed by atoms with E-state index in [1.54, 1.807) is 26.0 Å². The van der Waals surface area contributed by atoms with Crippen molar-refractivity contribution in [3.05, 3.63) is 59.9 Å². The minimum atomic E-state index is -3.56. The Kier molecular flexibility index (Phi) is 6.70. The molecule has 0 atom stereocenters. The summed E-state index contributed by atoms with van der Waals surface area (Å²) in [6, 6.07) is 11.4. The number of ether oxygens (including phenoxy) is 1. The van der Waals surface area contributed by atoms with Crippen LogP contribution in [-0.4, -0.2) is 27.0 Å². The predicted octanol–water partition coefficient (Wildman–Crippen LogP) is 2.21. The van der Waals surface area contributed by atoms with Crippen LogP contribution in [0.2, 0.25) is 0 Å². The summed E-state index contributed by atoms with van der Waals surface area (Å²) < 4.78 is 44.7. The molecule has 0 saturated carbocycles. The number of hydrogen-bond acceptors (Lipinski definition) is 4. The molecular formula is C18H21FN2O4S. The van der Waals surface area contributed by atoms with Crippen LogP contribution in [0.3, 0.4) is 0 Å². The van der Waals surface area contributed by atoms with Crippen molar-refractivity contribution in [3.8, 4) is 5.75 Å². The van der Waals surface area contributed by atoms with Crippen LogP contribution in [0.1, 0.15) is 19.4 Å². The van der Waals surface area contributed by atoms with Crippen LogP contribution in [0, 0.1) is 5.82 Å². The maximum atomic E-state index is 12.8. The van der Waals surface area contributed by atoms with E-state index in [1.165, 1.54) is 36.4 Å². The molecule has 0 fully saturated rings. The van der Waals surface area contributed by atoms with Crippen LogP contribution < -0.4 is 14.8 Å². The number of carbonyl (C=O) groups excluding carboxylic acids is 1. The molecular weight excluding hydrogens is 359 g/mol. The summed E-state index contributed by atoms with van der Waals surface area (Å²) in [4.78, 5) is 11.9. The lowest BCUT2D eigenvalue weighted by Gasteiger charge is -2.11. The van der Waals surface area contributed by atoms with Crippen molar-refractivity contribution in [3.63, 3.8) is 0 Å². The Morgan fingerprint density at radius 2 is 1.69 bits per heavy atom. The van der Waals surface area contributed by atoms with Crippen LogP contribution in [0.15, 0.2) is 53.4 Å². The van der Waals surface area contributed by atoms with Gasteiger partial charge in [-0.25, -0.2) is 17.5 Å². The van der Waals surface area contributed by atoms with Crippen molar-refractivity contribution in [2.45, 2.75) is 31.3 Å². The van der Waals surface area contributed by atoms with E-state index in [1.807, 2.05) is 0 Å². The minimum Gasteiger partial charge on any atom is -0.484 e. The molecule has 0 aromatic heterocycles. The highest BCUT2D eigenvalue weighted by Crippen LogP contribution is 2.16. The Morgan fingerprint density at radius 3 is 2.27 bits per heavy atom. The number of amides is 1. The fourth-order valence-corrected chi connectivity index (χ4v) is 3.35. The van der Waals surface area contributed by atoms with Gasteiger partial charge in [0.25, 0.3) is 5.91 Å². The SMILES string of the molecule is CC(C)NS(=O)(=O)c1ccc(OCC(=O)NCc2ccc(F)cc2)cc1. The van der Waals surface area contributed by atoms with E-state index in [-0.39, 0.29) is 35.8 Å². The zero-order chi connectivity index (χ0) is 19.2. The summed E-state index contributed by atoms with van der Waals surface area (Å²) in [6.45, 7) is 3.53. The lowest BCUT2D eigenvalue weighted by Crippen LogP contribution is -2.30. The highest BCUT2D eigenvalue weighted by Gasteiger charge is 2.15. The number of rotatable bonds is 8. The van der Waals surface area contributed by atoms with Gasteiger partial charge in [-0.05, 0) is 55.8 Å². The van der Waals surface area contributed by atoms with Gasteiger partial charge in [-0.1, -0.05) is 12.1 Å². The smallest absolute Gasteiger partial charge is 0.258 e. The summed E-state index contributed by atoms with van der Waals surface area (Å²) in [7, 11) is -3.56. The van der Waals surface area contributed by atoms with Gasteiger partial charge in [0.05, 0.1) is 4.90 Å². The van der Waals surface area contributed by atoms with Gasteiger partial charge in [0, 0.05) is 12.6 Å². The van der Waals surface area contributed by atoms with E-state index in [9.17, 15) is 17.6 Å². The maximum absolute atomic E-state index is 12.8. The van der Waals surface area contributed by atoms with Crippen molar-refractivity contribution in [2.75, 3.05) is 6.61 Å². The molecule has 2 rings (SSSR count). The third kappa shape index (κ3) is 6.12. The lowest BCUT2D eigenvalue weighted by atomic mass is 10.2. The van der Waals surface area contributed by atoms with Gasteiger partial charge in [-0.15, -0.1) is 0 Å². The molecule has 0 unspecified atom stereocenters. The number of hydrogen-bond donors (Lipinski definition) is 2. The van der Waals surface area contributed by atoms with Crippen molar-refractivity contribution >= 4 is 15.9 Å². The van der Waals surface area contributed by atoms with E-state index in [0.717, 1.165) is 5.56 Å². The molecule has 0 aliphatic heterocycles. The molecule has 26 heavy (non-hydrogen) atoms. The Hall–Kier alpha value is -2.45. The summed E-state index contributed by atoms with van der Waals surface area (Å²) in [6.07, 6.45) is 0. The molecule has 2 N–H and O–H groups in total. The fraction of sp³-hybridized carbons (Fsp3) is 0.278. The number of sulfonamides is 1. The normalized spacial score (nSPS) is 11.4. The Morgan fingerprint density at radius 1 is 1.08 bits per heavy atom. The highest BCUT2D eigenvalue weighted by atomic mass is 32.2. The van der Waals surface area contributed by atoms with Gasteiger partial charge in [-0.2, -0.15) is 0 Å². The summed E-state index contributed by atoms with van der Waals surface area (Å²) >= 11 is 0. The number of benzene rings is 2. The van der Waals surface area contributed by atoms with Crippen LogP contribution in [0.4, 0.5) is 4.39 Å². The molecule has 140 valence electrons. The van der Waals surface area contributed by atoms with E-state index < -0.39 is 10.0 Å². The van der Waals surface area contributed by atoms with E-state index in [0.29, 0.717) is 5.75 Å². The summed E-state index contributed by atoms with van der Waals surface area (Å²) in [5.41, 5.74) is 0.770. The third-order valence-corrected chi connectivity index (χ3v) is 4.97.